The highest BCUT2D eigenvalue weighted by atomic mass is 19.1. The Morgan fingerprint density at radius 2 is 2.11 bits per heavy atom. The minimum absolute atomic E-state index is 0.251. The molecule has 1 fully saturated rings. The van der Waals surface area contributed by atoms with Crippen molar-refractivity contribution in [3.63, 3.8) is 0 Å². The molecule has 0 unspecified atom stereocenters. The van der Waals surface area contributed by atoms with E-state index in [1.165, 1.54) is 31.9 Å². The molecule has 0 spiro atoms. The van der Waals surface area contributed by atoms with E-state index < -0.39 is 0 Å². The summed E-state index contributed by atoms with van der Waals surface area (Å²) in [5.41, 5.74) is 0.968. The Bertz CT molecular complexity index is 402. The standard InChI is InChI=1S/C15H24FN3/c1-3-17-10-12-9-13(16)11-18-15(12)19(4-2)14-7-5-6-8-14/h9,11,14,17H,3-8,10H2,1-2H3. The summed E-state index contributed by atoms with van der Waals surface area (Å²) in [6, 6.07) is 2.19. The van der Waals surface area contributed by atoms with E-state index in [9.17, 15) is 4.39 Å². The van der Waals surface area contributed by atoms with Gasteiger partial charge in [0.25, 0.3) is 0 Å². The Hall–Kier alpha value is -1.16. The van der Waals surface area contributed by atoms with Crippen LogP contribution in [0.3, 0.4) is 0 Å². The molecule has 0 atom stereocenters. The Morgan fingerprint density at radius 1 is 1.37 bits per heavy atom. The summed E-state index contributed by atoms with van der Waals surface area (Å²) in [6.07, 6.45) is 6.39. The summed E-state index contributed by atoms with van der Waals surface area (Å²) in [6.45, 7) is 6.70. The Labute approximate surface area is 115 Å². The highest BCUT2D eigenvalue weighted by Gasteiger charge is 2.24. The molecule has 0 radical (unpaired) electrons. The second kappa shape index (κ2) is 6.85. The predicted molar refractivity (Wildman–Crippen MR) is 76.9 cm³/mol. The minimum atomic E-state index is -0.251. The van der Waals surface area contributed by atoms with E-state index in [0.29, 0.717) is 12.6 Å². The minimum Gasteiger partial charge on any atom is -0.354 e. The Kier molecular flexibility index (Phi) is 5.14. The van der Waals surface area contributed by atoms with E-state index in [1.807, 2.05) is 0 Å². The summed E-state index contributed by atoms with van der Waals surface area (Å²) in [4.78, 5) is 6.70. The van der Waals surface area contributed by atoms with Gasteiger partial charge in [0, 0.05) is 24.7 Å². The third-order valence-corrected chi connectivity index (χ3v) is 3.85. The third-order valence-electron chi connectivity index (χ3n) is 3.85. The van der Waals surface area contributed by atoms with Crippen LogP contribution in [-0.2, 0) is 6.54 Å². The first-order valence-corrected chi connectivity index (χ1v) is 7.38. The van der Waals surface area contributed by atoms with Crippen LogP contribution in [-0.4, -0.2) is 24.1 Å². The zero-order valence-electron chi connectivity index (χ0n) is 12.0. The number of halogens is 1. The van der Waals surface area contributed by atoms with Gasteiger partial charge in [0.1, 0.15) is 11.6 Å². The van der Waals surface area contributed by atoms with Gasteiger partial charge in [-0.15, -0.1) is 0 Å². The monoisotopic (exact) mass is 265 g/mol. The maximum atomic E-state index is 13.4. The lowest BCUT2D eigenvalue weighted by molar-refractivity contribution is 0.590. The average molecular weight is 265 g/mol. The van der Waals surface area contributed by atoms with Crippen molar-refractivity contribution in [2.24, 2.45) is 0 Å². The SMILES string of the molecule is CCNCc1cc(F)cnc1N(CC)C1CCCC1. The molecular weight excluding hydrogens is 241 g/mol. The van der Waals surface area contributed by atoms with E-state index in [1.54, 1.807) is 6.07 Å². The normalized spacial score (nSPS) is 15.9. The van der Waals surface area contributed by atoms with E-state index in [2.05, 4.69) is 29.0 Å². The molecule has 1 aromatic heterocycles. The van der Waals surface area contributed by atoms with Crippen molar-refractivity contribution in [3.05, 3.63) is 23.6 Å². The van der Waals surface area contributed by atoms with Crippen LogP contribution in [0.5, 0.6) is 0 Å². The quantitative estimate of drug-likeness (QED) is 0.856. The average Bonchev–Trinajstić information content (AvgIpc) is 2.93. The highest BCUT2D eigenvalue weighted by molar-refractivity contribution is 5.48. The first-order chi connectivity index (χ1) is 9.26. The van der Waals surface area contributed by atoms with E-state index in [0.717, 1.165) is 24.5 Å². The first kappa shape index (κ1) is 14.3. The second-order valence-electron chi connectivity index (χ2n) is 5.14. The van der Waals surface area contributed by atoms with Crippen molar-refractivity contribution >= 4 is 5.82 Å². The topological polar surface area (TPSA) is 28.2 Å². The number of aromatic nitrogens is 1. The summed E-state index contributed by atoms with van der Waals surface area (Å²) in [7, 11) is 0. The lowest BCUT2D eigenvalue weighted by Crippen LogP contribution is -2.35. The molecule has 1 aliphatic rings. The van der Waals surface area contributed by atoms with Gasteiger partial charge in [-0.1, -0.05) is 19.8 Å². The lowest BCUT2D eigenvalue weighted by atomic mass is 10.1. The fourth-order valence-corrected chi connectivity index (χ4v) is 2.92. The molecule has 19 heavy (non-hydrogen) atoms. The van der Waals surface area contributed by atoms with Gasteiger partial charge in [-0.3, -0.25) is 0 Å². The molecule has 1 saturated carbocycles. The molecule has 1 aromatic rings. The predicted octanol–water partition coefficient (Wildman–Crippen LogP) is 3.10. The summed E-state index contributed by atoms with van der Waals surface area (Å²) in [5, 5.41) is 3.27. The zero-order valence-corrected chi connectivity index (χ0v) is 12.0. The maximum absolute atomic E-state index is 13.4. The van der Waals surface area contributed by atoms with Gasteiger partial charge < -0.3 is 10.2 Å². The molecule has 2 rings (SSSR count). The van der Waals surface area contributed by atoms with Crippen molar-refractivity contribution in [2.75, 3.05) is 18.0 Å². The van der Waals surface area contributed by atoms with Crippen LogP contribution < -0.4 is 10.2 Å². The summed E-state index contributed by atoms with van der Waals surface area (Å²) < 4.78 is 13.4. The molecule has 0 aliphatic heterocycles. The maximum Gasteiger partial charge on any atom is 0.141 e. The third kappa shape index (κ3) is 3.44. The van der Waals surface area contributed by atoms with Gasteiger partial charge in [0.05, 0.1) is 6.20 Å². The second-order valence-corrected chi connectivity index (χ2v) is 5.14. The van der Waals surface area contributed by atoms with Crippen LogP contribution in [0.1, 0.15) is 45.1 Å². The molecular formula is C15H24FN3. The van der Waals surface area contributed by atoms with Crippen LogP contribution in [0.25, 0.3) is 0 Å². The number of nitrogens with one attached hydrogen (secondary N) is 1. The van der Waals surface area contributed by atoms with Crippen LogP contribution >= 0.6 is 0 Å². The van der Waals surface area contributed by atoms with Gasteiger partial charge in [-0.05, 0) is 32.4 Å². The van der Waals surface area contributed by atoms with Crippen molar-refractivity contribution in [1.29, 1.82) is 0 Å². The smallest absolute Gasteiger partial charge is 0.141 e. The molecule has 0 saturated heterocycles. The number of anilines is 1. The van der Waals surface area contributed by atoms with E-state index >= 15 is 0 Å². The van der Waals surface area contributed by atoms with Crippen LogP contribution in [0.2, 0.25) is 0 Å². The molecule has 4 heteroatoms. The number of nitrogens with zero attached hydrogens (tertiary/aromatic N) is 2. The lowest BCUT2D eigenvalue weighted by Gasteiger charge is -2.30. The Morgan fingerprint density at radius 3 is 2.74 bits per heavy atom. The number of hydrogen-bond donors (Lipinski definition) is 1. The highest BCUT2D eigenvalue weighted by Crippen LogP contribution is 2.29. The van der Waals surface area contributed by atoms with Crippen molar-refractivity contribution < 1.29 is 4.39 Å². The fraction of sp³-hybridized carbons (Fsp3) is 0.667. The molecule has 1 N–H and O–H groups in total. The summed E-state index contributed by atoms with van der Waals surface area (Å²) >= 11 is 0. The molecule has 1 heterocycles. The van der Waals surface area contributed by atoms with Crippen LogP contribution in [0.15, 0.2) is 12.3 Å². The van der Waals surface area contributed by atoms with E-state index in [4.69, 9.17) is 0 Å². The van der Waals surface area contributed by atoms with Crippen LogP contribution in [0, 0.1) is 5.82 Å². The molecule has 0 bridgehead atoms. The fourth-order valence-electron chi connectivity index (χ4n) is 2.92. The van der Waals surface area contributed by atoms with Gasteiger partial charge >= 0.3 is 0 Å². The Balaban J connectivity index is 2.24. The first-order valence-electron chi connectivity index (χ1n) is 7.38. The molecule has 3 nitrogen and oxygen atoms in total. The number of hydrogen-bond acceptors (Lipinski definition) is 3. The van der Waals surface area contributed by atoms with Gasteiger partial charge in [-0.25, -0.2) is 9.37 Å². The van der Waals surface area contributed by atoms with Gasteiger partial charge in [0.15, 0.2) is 0 Å². The largest absolute Gasteiger partial charge is 0.354 e. The van der Waals surface area contributed by atoms with Crippen molar-refractivity contribution in [3.8, 4) is 0 Å². The number of pyridine rings is 1. The summed E-state index contributed by atoms with van der Waals surface area (Å²) in [5.74, 6) is 0.705. The van der Waals surface area contributed by atoms with Crippen molar-refractivity contribution in [1.82, 2.24) is 10.3 Å². The van der Waals surface area contributed by atoms with Gasteiger partial charge in [-0.2, -0.15) is 0 Å². The molecule has 0 aromatic carbocycles. The molecule has 106 valence electrons. The van der Waals surface area contributed by atoms with Gasteiger partial charge in [0.2, 0.25) is 0 Å². The zero-order chi connectivity index (χ0) is 13.7. The molecule has 0 amide bonds. The number of rotatable bonds is 6. The molecule has 1 aliphatic carbocycles. The van der Waals surface area contributed by atoms with Crippen LogP contribution in [0.4, 0.5) is 10.2 Å². The van der Waals surface area contributed by atoms with E-state index in [-0.39, 0.29) is 5.82 Å². The van der Waals surface area contributed by atoms with Crippen molar-refractivity contribution in [2.45, 2.75) is 52.1 Å².